The highest BCUT2D eigenvalue weighted by Crippen LogP contribution is 2.28. The topological polar surface area (TPSA) is 85.0 Å². The summed E-state index contributed by atoms with van der Waals surface area (Å²) in [4.78, 5) is 27.5. The molecule has 0 aliphatic carbocycles. The monoisotopic (exact) mass is 303 g/mol. The van der Waals surface area contributed by atoms with Crippen LogP contribution in [0.15, 0.2) is 39.4 Å². The first-order valence-corrected chi connectivity index (χ1v) is 7.20. The van der Waals surface area contributed by atoms with Gasteiger partial charge in [0.25, 0.3) is 0 Å². The van der Waals surface area contributed by atoms with Gasteiger partial charge in [0.2, 0.25) is 0 Å². The van der Waals surface area contributed by atoms with Crippen LogP contribution in [-0.4, -0.2) is 30.4 Å². The van der Waals surface area contributed by atoms with E-state index in [0.29, 0.717) is 21.5 Å². The molecule has 0 radical (unpaired) electrons. The Morgan fingerprint density at radius 1 is 1.38 bits per heavy atom. The van der Waals surface area contributed by atoms with Crippen LogP contribution in [0.25, 0.3) is 5.65 Å². The van der Waals surface area contributed by atoms with Gasteiger partial charge >= 0.3 is 5.69 Å². The fourth-order valence-electron chi connectivity index (χ4n) is 2.08. The molecular formula is C13H13N5O2S. The fraction of sp³-hybridized carbons (Fsp3) is 0.231. The number of pyridine rings is 1. The molecule has 0 saturated heterocycles. The smallest absolute Gasteiger partial charge is 0.296 e. The Morgan fingerprint density at radius 2 is 2.19 bits per heavy atom. The third kappa shape index (κ3) is 2.27. The number of nitrogens with zero attached hydrogens (tertiary/aromatic N) is 4. The first-order valence-electron chi connectivity index (χ1n) is 6.39. The number of aromatic nitrogens is 5. The zero-order valence-electron chi connectivity index (χ0n) is 11.5. The highest BCUT2D eigenvalue weighted by Gasteiger charge is 2.18. The second kappa shape index (κ2) is 5.21. The number of H-pyrrole nitrogens is 1. The highest BCUT2D eigenvalue weighted by molar-refractivity contribution is 7.99. The van der Waals surface area contributed by atoms with E-state index in [-0.39, 0.29) is 11.7 Å². The van der Waals surface area contributed by atoms with E-state index in [1.54, 1.807) is 10.6 Å². The molecule has 0 unspecified atom stereocenters. The van der Waals surface area contributed by atoms with Crippen LogP contribution in [0.4, 0.5) is 0 Å². The van der Waals surface area contributed by atoms with Crippen LogP contribution < -0.4 is 5.69 Å². The van der Waals surface area contributed by atoms with Crippen LogP contribution in [0.5, 0.6) is 0 Å². The summed E-state index contributed by atoms with van der Waals surface area (Å²) < 4.78 is 3.24. The van der Waals surface area contributed by atoms with Gasteiger partial charge in [0.1, 0.15) is 16.4 Å². The summed E-state index contributed by atoms with van der Waals surface area (Å²) >= 11 is 1.20. The summed E-state index contributed by atoms with van der Waals surface area (Å²) in [6.45, 7) is 3.79. The Morgan fingerprint density at radius 3 is 2.90 bits per heavy atom. The number of carbonyl (C=O) groups is 1. The SMILES string of the molecule is CC(C)n1c(Sc2nc3ccccn3c2C=O)n[nH]c1=O. The second-order valence-corrected chi connectivity index (χ2v) is 5.68. The lowest BCUT2D eigenvalue weighted by Gasteiger charge is -2.07. The number of aldehydes is 1. The number of fused-ring (bicyclic) bond motifs is 1. The van der Waals surface area contributed by atoms with Crippen LogP contribution in [0.2, 0.25) is 0 Å². The molecule has 0 saturated carbocycles. The van der Waals surface area contributed by atoms with Crippen molar-refractivity contribution in [2.75, 3.05) is 0 Å². The average Bonchev–Trinajstić information content (AvgIpc) is 2.99. The molecule has 0 atom stereocenters. The van der Waals surface area contributed by atoms with Gasteiger partial charge in [0.05, 0.1) is 0 Å². The molecule has 21 heavy (non-hydrogen) atoms. The van der Waals surface area contributed by atoms with Crippen molar-refractivity contribution in [3.63, 3.8) is 0 Å². The maximum Gasteiger partial charge on any atom is 0.344 e. The van der Waals surface area contributed by atoms with Crippen LogP contribution in [-0.2, 0) is 0 Å². The first-order chi connectivity index (χ1) is 10.1. The summed E-state index contributed by atoms with van der Waals surface area (Å²) in [5.74, 6) is 0. The number of hydrogen-bond donors (Lipinski definition) is 1. The lowest BCUT2D eigenvalue weighted by Crippen LogP contribution is -2.19. The highest BCUT2D eigenvalue weighted by atomic mass is 32.2. The number of nitrogens with one attached hydrogen (secondary N) is 1. The van der Waals surface area contributed by atoms with Crippen molar-refractivity contribution in [3.05, 3.63) is 40.6 Å². The Labute approximate surface area is 124 Å². The molecule has 1 N–H and O–H groups in total. The number of imidazole rings is 1. The molecule has 0 amide bonds. The van der Waals surface area contributed by atoms with E-state index in [9.17, 15) is 9.59 Å². The lowest BCUT2D eigenvalue weighted by atomic mass is 10.4. The van der Waals surface area contributed by atoms with Crippen molar-refractivity contribution in [2.24, 2.45) is 0 Å². The van der Waals surface area contributed by atoms with Gasteiger partial charge in [-0.2, -0.15) is 0 Å². The van der Waals surface area contributed by atoms with Crippen LogP contribution in [0, 0.1) is 0 Å². The molecule has 0 aliphatic rings. The predicted molar refractivity (Wildman–Crippen MR) is 77.9 cm³/mol. The normalized spacial score (nSPS) is 11.4. The summed E-state index contributed by atoms with van der Waals surface area (Å²) in [6.07, 6.45) is 2.53. The van der Waals surface area contributed by atoms with Crippen molar-refractivity contribution in [1.82, 2.24) is 24.1 Å². The molecule has 0 fully saturated rings. The molecule has 3 heterocycles. The molecule has 3 rings (SSSR count). The third-order valence-electron chi connectivity index (χ3n) is 3.02. The molecular weight excluding hydrogens is 290 g/mol. The van der Waals surface area contributed by atoms with Crippen molar-refractivity contribution >= 4 is 23.7 Å². The van der Waals surface area contributed by atoms with Crippen LogP contribution in [0.1, 0.15) is 30.4 Å². The van der Waals surface area contributed by atoms with E-state index in [2.05, 4.69) is 15.2 Å². The number of rotatable bonds is 4. The van der Waals surface area contributed by atoms with Gasteiger partial charge in [-0.3, -0.25) is 13.8 Å². The van der Waals surface area contributed by atoms with Gasteiger partial charge in [0.15, 0.2) is 11.4 Å². The van der Waals surface area contributed by atoms with E-state index in [4.69, 9.17) is 0 Å². The van der Waals surface area contributed by atoms with Gasteiger partial charge in [-0.25, -0.2) is 14.9 Å². The molecule has 3 aromatic heterocycles. The lowest BCUT2D eigenvalue weighted by molar-refractivity contribution is 0.111. The zero-order valence-corrected chi connectivity index (χ0v) is 12.3. The van der Waals surface area contributed by atoms with E-state index >= 15 is 0 Å². The van der Waals surface area contributed by atoms with Gasteiger partial charge < -0.3 is 0 Å². The Bertz CT molecular complexity index is 861. The largest absolute Gasteiger partial charge is 0.344 e. The molecule has 7 nitrogen and oxygen atoms in total. The first kappa shape index (κ1) is 13.6. The molecule has 3 aromatic rings. The second-order valence-electron chi connectivity index (χ2n) is 4.73. The van der Waals surface area contributed by atoms with E-state index < -0.39 is 0 Å². The number of carbonyl (C=O) groups excluding carboxylic acids is 1. The van der Waals surface area contributed by atoms with Gasteiger partial charge in [0, 0.05) is 12.2 Å². The zero-order chi connectivity index (χ0) is 15.0. The minimum absolute atomic E-state index is 0.0320. The number of hydrogen-bond acceptors (Lipinski definition) is 5. The Balaban J connectivity index is 2.10. The molecule has 0 aromatic carbocycles. The molecule has 0 aliphatic heterocycles. The standard InChI is InChI=1S/C13H13N5O2S/c1-8(2)18-12(20)15-16-13(18)21-11-9(7-19)17-6-4-3-5-10(17)14-11/h3-8H,1-2H3,(H,15,20). The van der Waals surface area contributed by atoms with Crippen LogP contribution >= 0.6 is 11.8 Å². The van der Waals surface area contributed by atoms with E-state index in [0.717, 1.165) is 6.29 Å². The predicted octanol–water partition coefficient (Wildman–Crippen LogP) is 1.76. The van der Waals surface area contributed by atoms with Gasteiger partial charge in [-0.15, -0.1) is 5.10 Å². The van der Waals surface area contributed by atoms with Gasteiger partial charge in [-0.05, 0) is 37.7 Å². The Hall–Kier alpha value is -2.35. The summed E-state index contributed by atoms with van der Waals surface area (Å²) in [7, 11) is 0. The minimum Gasteiger partial charge on any atom is -0.296 e. The quantitative estimate of drug-likeness (QED) is 0.742. The van der Waals surface area contributed by atoms with Crippen molar-refractivity contribution < 1.29 is 4.79 Å². The molecule has 0 bridgehead atoms. The van der Waals surface area contributed by atoms with Crippen LogP contribution in [0.3, 0.4) is 0 Å². The molecule has 108 valence electrons. The van der Waals surface area contributed by atoms with Gasteiger partial charge in [-0.1, -0.05) is 6.07 Å². The molecule has 0 spiro atoms. The summed E-state index contributed by atoms with van der Waals surface area (Å²) in [5, 5.41) is 7.44. The van der Waals surface area contributed by atoms with E-state index in [1.807, 2.05) is 32.0 Å². The van der Waals surface area contributed by atoms with Crippen molar-refractivity contribution in [3.8, 4) is 0 Å². The minimum atomic E-state index is -0.274. The summed E-state index contributed by atoms with van der Waals surface area (Å²) in [5.41, 5.74) is 0.848. The van der Waals surface area contributed by atoms with Crippen molar-refractivity contribution in [2.45, 2.75) is 30.1 Å². The fourth-order valence-corrected chi connectivity index (χ4v) is 3.13. The maximum absolute atomic E-state index is 11.7. The van der Waals surface area contributed by atoms with Crippen molar-refractivity contribution in [1.29, 1.82) is 0 Å². The average molecular weight is 303 g/mol. The number of aromatic amines is 1. The maximum atomic E-state index is 11.7. The molecule has 8 heteroatoms. The summed E-state index contributed by atoms with van der Waals surface area (Å²) in [6, 6.07) is 5.46. The third-order valence-corrected chi connectivity index (χ3v) is 3.99. The van der Waals surface area contributed by atoms with E-state index in [1.165, 1.54) is 16.3 Å². The Kier molecular flexibility index (Phi) is 3.38.